The van der Waals surface area contributed by atoms with Crippen LogP contribution in [-0.4, -0.2) is 25.5 Å². The van der Waals surface area contributed by atoms with Gasteiger partial charge in [-0.3, -0.25) is 4.79 Å². The molecule has 0 unspecified atom stereocenters. The molecule has 1 aromatic carbocycles. The van der Waals surface area contributed by atoms with Crippen molar-refractivity contribution in [3.63, 3.8) is 0 Å². The van der Waals surface area contributed by atoms with Crippen LogP contribution >= 0.6 is 0 Å². The molecule has 1 N–H and O–H groups in total. The van der Waals surface area contributed by atoms with Crippen LogP contribution in [0.5, 0.6) is 5.75 Å². The summed E-state index contributed by atoms with van der Waals surface area (Å²) < 4.78 is 4.91. The normalized spacial score (nSPS) is 8.81. The minimum absolute atomic E-state index is 0. The number of hydrogen-bond acceptors (Lipinski definition) is 4. The Bertz CT molecular complexity index is 364. The largest absolute Gasteiger partial charge is 1.00 e. The number of carbonyl (C=O) groups is 2. The summed E-state index contributed by atoms with van der Waals surface area (Å²) in [6.45, 7) is -0.495. The van der Waals surface area contributed by atoms with Crippen LogP contribution in [0.3, 0.4) is 0 Å². The molecular weight excluding hydrogens is 205 g/mol. The van der Waals surface area contributed by atoms with Crippen LogP contribution in [0.4, 0.5) is 0 Å². The van der Waals surface area contributed by atoms with Crippen molar-refractivity contribution in [1.29, 1.82) is 0 Å². The monoisotopic (exact) mass is 215 g/mol. The standard InChI is InChI=1S/C10H11NO4.Li/c1-15-8-4-2-7(3-5-8)10(14)11-6-9(12)13;/h2-5H,6H2,1H3,(H,11,14)(H,12,13);/q;+1/p-1. The predicted molar refractivity (Wildman–Crippen MR) is 50.3 cm³/mol. The third kappa shape index (κ3) is 4.39. The molecule has 0 aliphatic rings. The van der Waals surface area contributed by atoms with Gasteiger partial charge in [0.05, 0.1) is 19.6 Å². The first-order valence-corrected chi connectivity index (χ1v) is 4.25. The van der Waals surface area contributed by atoms with Crippen molar-refractivity contribution in [2.24, 2.45) is 0 Å². The third-order valence-electron chi connectivity index (χ3n) is 1.75. The van der Waals surface area contributed by atoms with Gasteiger partial charge in [-0.05, 0) is 24.3 Å². The smallest absolute Gasteiger partial charge is 0.548 e. The molecule has 1 aromatic rings. The number of nitrogens with one attached hydrogen (secondary N) is 1. The van der Waals surface area contributed by atoms with E-state index in [0.717, 1.165) is 0 Å². The summed E-state index contributed by atoms with van der Waals surface area (Å²) in [4.78, 5) is 21.4. The van der Waals surface area contributed by atoms with Crippen LogP contribution in [0.1, 0.15) is 10.4 Å². The van der Waals surface area contributed by atoms with Crippen molar-refractivity contribution < 1.29 is 38.3 Å². The van der Waals surface area contributed by atoms with Crippen LogP contribution in [0.15, 0.2) is 24.3 Å². The number of carboxylic acids is 1. The van der Waals surface area contributed by atoms with Crippen LogP contribution in [0, 0.1) is 0 Å². The average molecular weight is 215 g/mol. The van der Waals surface area contributed by atoms with Crippen LogP contribution < -0.4 is 34.0 Å². The van der Waals surface area contributed by atoms with Crippen molar-refractivity contribution in [3.05, 3.63) is 29.8 Å². The van der Waals surface area contributed by atoms with Crippen LogP contribution in [-0.2, 0) is 4.79 Å². The molecule has 0 fully saturated rings. The van der Waals surface area contributed by atoms with Gasteiger partial charge in [0, 0.05) is 5.56 Å². The number of aliphatic carboxylic acids is 1. The number of carbonyl (C=O) groups excluding carboxylic acids is 2. The van der Waals surface area contributed by atoms with E-state index in [1.165, 1.54) is 7.11 Å². The van der Waals surface area contributed by atoms with Gasteiger partial charge in [0.15, 0.2) is 0 Å². The van der Waals surface area contributed by atoms with E-state index in [1.54, 1.807) is 24.3 Å². The molecule has 0 atom stereocenters. The fraction of sp³-hybridized carbons (Fsp3) is 0.200. The number of amides is 1. The van der Waals surface area contributed by atoms with Gasteiger partial charge in [-0.2, -0.15) is 0 Å². The summed E-state index contributed by atoms with van der Waals surface area (Å²) in [6, 6.07) is 6.33. The number of benzene rings is 1. The minimum atomic E-state index is -1.32. The summed E-state index contributed by atoms with van der Waals surface area (Å²) in [5.41, 5.74) is 0.372. The summed E-state index contributed by atoms with van der Waals surface area (Å²) in [7, 11) is 1.52. The molecule has 0 aromatic heterocycles. The molecule has 0 bridgehead atoms. The van der Waals surface area contributed by atoms with Crippen molar-refractivity contribution in [2.75, 3.05) is 13.7 Å². The number of hydrogen-bond donors (Lipinski definition) is 1. The zero-order valence-corrected chi connectivity index (χ0v) is 9.15. The second-order valence-corrected chi connectivity index (χ2v) is 2.78. The van der Waals surface area contributed by atoms with Gasteiger partial charge in [-0.1, -0.05) is 0 Å². The molecule has 1 amide bonds. The number of ether oxygens (including phenoxy) is 1. The van der Waals surface area contributed by atoms with Crippen LogP contribution in [0.25, 0.3) is 0 Å². The van der Waals surface area contributed by atoms with Crippen molar-refractivity contribution in [2.45, 2.75) is 0 Å². The van der Waals surface area contributed by atoms with Gasteiger partial charge < -0.3 is 20.0 Å². The summed E-state index contributed by atoms with van der Waals surface area (Å²) >= 11 is 0. The molecule has 0 heterocycles. The maximum Gasteiger partial charge on any atom is 1.00 e. The van der Waals surface area contributed by atoms with E-state index in [1.807, 2.05) is 0 Å². The molecule has 0 radical (unpaired) electrons. The Balaban J connectivity index is 0.00000225. The Morgan fingerprint density at radius 1 is 1.31 bits per heavy atom. The quantitative estimate of drug-likeness (QED) is 0.522. The van der Waals surface area contributed by atoms with E-state index >= 15 is 0 Å². The van der Waals surface area contributed by atoms with Crippen molar-refractivity contribution >= 4 is 11.9 Å². The van der Waals surface area contributed by atoms with E-state index in [4.69, 9.17) is 4.74 Å². The second kappa shape index (κ2) is 6.94. The Hall–Kier alpha value is -1.44. The Morgan fingerprint density at radius 2 is 1.88 bits per heavy atom. The minimum Gasteiger partial charge on any atom is -0.548 e. The topological polar surface area (TPSA) is 78.5 Å². The van der Waals surface area contributed by atoms with Gasteiger partial charge >= 0.3 is 18.9 Å². The second-order valence-electron chi connectivity index (χ2n) is 2.78. The molecular formula is C10H10LiNO4. The SMILES string of the molecule is COc1ccc(C(=O)NCC(=O)[O-])cc1.[Li+]. The molecule has 5 nitrogen and oxygen atoms in total. The number of carboxylic acid groups (broad SMARTS) is 1. The molecule has 0 spiro atoms. The first-order valence-electron chi connectivity index (χ1n) is 4.25. The number of methoxy groups -OCH3 is 1. The van der Waals surface area contributed by atoms with Gasteiger partial charge in [0.1, 0.15) is 5.75 Å². The molecule has 0 saturated carbocycles. The maximum absolute atomic E-state index is 11.3. The predicted octanol–water partition coefficient (Wildman–Crippen LogP) is -3.82. The summed E-state index contributed by atoms with van der Waals surface area (Å²) in [5.74, 6) is -1.15. The maximum atomic E-state index is 11.3. The van der Waals surface area contributed by atoms with Gasteiger partial charge in [0.25, 0.3) is 5.91 Å². The molecule has 6 heteroatoms. The molecule has 1 rings (SSSR count). The van der Waals surface area contributed by atoms with Crippen molar-refractivity contribution in [1.82, 2.24) is 5.32 Å². The molecule has 0 aliphatic heterocycles. The summed E-state index contributed by atoms with van der Waals surface area (Å²) in [5, 5.41) is 12.3. The Labute approximate surface area is 105 Å². The van der Waals surface area contributed by atoms with E-state index in [-0.39, 0.29) is 18.9 Å². The first-order chi connectivity index (χ1) is 7.13. The van der Waals surface area contributed by atoms with E-state index in [9.17, 15) is 14.7 Å². The third-order valence-corrected chi connectivity index (χ3v) is 1.75. The molecule has 0 aliphatic carbocycles. The first kappa shape index (κ1) is 14.6. The van der Waals surface area contributed by atoms with E-state index in [2.05, 4.69) is 5.32 Å². The number of rotatable bonds is 4. The zero-order valence-electron chi connectivity index (χ0n) is 9.15. The van der Waals surface area contributed by atoms with Crippen molar-refractivity contribution in [3.8, 4) is 5.75 Å². The van der Waals surface area contributed by atoms with Gasteiger partial charge in [-0.15, -0.1) is 0 Å². The van der Waals surface area contributed by atoms with Crippen LogP contribution in [0.2, 0.25) is 0 Å². The summed E-state index contributed by atoms with van der Waals surface area (Å²) in [6.07, 6.45) is 0. The van der Waals surface area contributed by atoms with Gasteiger partial charge in [0.2, 0.25) is 0 Å². The fourth-order valence-corrected chi connectivity index (χ4v) is 0.997. The molecule has 0 saturated heterocycles. The van der Waals surface area contributed by atoms with E-state index in [0.29, 0.717) is 11.3 Å². The Kier molecular flexibility index (Phi) is 6.31. The van der Waals surface area contributed by atoms with E-state index < -0.39 is 18.4 Å². The fourth-order valence-electron chi connectivity index (χ4n) is 0.997. The molecule has 16 heavy (non-hydrogen) atoms. The van der Waals surface area contributed by atoms with Gasteiger partial charge in [-0.25, -0.2) is 0 Å². The Morgan fingerprint density at radius 3 is 2.31 bits per heavy atom. The molecule has 80 valence electrons. The average Bonchev–Trinajstić information content (AvgIpc) is 2.26. The zero-order chi connectivity index (χ0) is 11.3.